The second kappa shape index (κ2) is 6.89. The fourth-order valence-electron chi connectivity index (χ4n) is 2.26. The highest BCUT2D eigenvalue weighted by Crippen LogP contribution is 2.32. The predicted molar refractivity (Wildman–Crippen MR) is 89.1 cm³/mol. The van der Waals surface area contributed by atoms with Gasteiger partial charge in [0.25, 0.3) is 0 Å². The molecule has 0 atom stereocenters. The highest BCUT2D eigenvalue weighted by atomic mass is 16.5. The van der Waals surface area contributed by atoms with Crippen LogP contribution in [0.5, 0.6) is 5.75 Å². The summed E-state index contributed by atoms with van der Waals surface area (Å²) in [5, 5.41) is 9.41. The van der Waals surface area contributed by atoms with Crippen LogP contribution in [-0.2, 0) is 10.2 Å². The second-order valence-electron chi connectivity index (χ2n) is 5.66. The van der Waals surface area contributed by atoms with Gasteiger partial charge in [-0.25, -0.2) is 4.79 Å². The SMILES string of the molecule is CC(C)(c1ccc(O)cc1)c1ccc(C#CCOC(N)=O)cc1. The van der Waals surface area contributed by atoms with Gasteiger partial charge in [0, 0.05) is 11.0 Å². The lowest BCUT2D eigenvalue weighted by Gasteiger charge is -2.26. The highest BCUT2D eigenvalue weighted by Gasteiger charge is 2.22. The Balaban J connectivity index is 2.15. The van der Waals surface area contributed by atoms with E-state index in [1.807, 2.05) is 36.4 Å². The molecule has 2 aromatic rings. The number of rotatable bonds is 3. The first-order valence-corrected chi connectivity index (χ1v) is 7.21. The number of carbonyl (C=O) groups is 1. The molecular weight excluding hydrogens is 290 g/mol. The molecule has 1 amide bonds. The van der Waals surface area contributed by atoms with E-state index in [9.17, 15) is 9.90 Å². The monoisotopic (exact) mass is 309 g/mol. The Bertz CT molecular complexity index is 735. The number of primary amides is 1. The quantitative estimate of drug-likeness (QED) is 0.855. The van der Waals surface area contributed by atoms with Crippen molar-refractivity contribution >= 4 is 6.09 Å². The van der Waals surface area contributed by atoms with E-state index in [1.54, 1.807) is 12.1 Å². The molecule has 0 heterocycles. The number of hydrogen-bond donors (Lipinski definition) is 2. The lowest BCUT2D eigenvalue weighted by Crippen LogP contribution is -2.18. The number of hydrogen-bond acceptors (Lipinski definition) is 3. The summed E-state index contributed by atoms with van der Waals surface area (Å²) in [4.78, 5) is 10.4. The minimum absolute atomic E-state index is 0.0178. The molecular formula is C19H19NO3. The first-order valence-electron chi connectivity index (χ1n) is 7.21. The maximum atomic E-state index is 10.4. The lowest BCUT2D eigenvalue weighted by molar-refractivity contribution is 0.171. The van der Waals surface area contributed by atoms with Gasteiger partial charge >= 0.3 is 6.09 Å². The molecule has 0 aliphatic carbocycles. The van der Waals surface area contributed by atoms with Crippen molar-refractivity contribution < 1.29 is 14.6 Å². The number of carbonyl (C=O) groups excluding carboxylic acids is 1. The molecule has 0 saturated heterocycles. The van der Waals surface area contributed by atoms with Gasteiger partial charge in [-0.1, -0.05) is 50.0 Å². The molecule has 4 heteroatoms. The Hall–Kier alpha value is -2.93. The van der Waals surface area contributed by atoms with E-state index in [4.69, 9.17) is 5.73 Å². The Labute approximate surface area is 135 Å². The minimum atomic E-state index is -0.828. The summed E-state index contributed by atoms with van der Waals surface area (Å²) >= 11 is 0. The molecule has 2 rings (SSSR count). The van der Waals surface area contributed by atoms with Gasteiger partial charge in [0.15, 0.2) is 6.61 Å². The van der Waals surface area contributed by atoms with Crippen LogP contribution in [0, 0.1) is 11.8 Å². The Morgan fingerprint density at radius 1 is 1.09 bits per heavy atom. The molecule has 0 saturated carbocycles. The van der Waals surface area contributed by atoms with E-state index in [1.165, 1.54) is 0 Å². The first-order chi connectivity index (χ1) is 10.9. The van der Waals surface area contributed by atoms with Crippen LogP contribution < -0.4 is 5.73 Å². The number of nitrogens with two attached hydrogens (primary N) is 1. The van der Waals surface area contributed by atoms with E-state index >= 15 is 0 Å². The van der Waals surface area contributed by atoms with Crippen LogP contribution in [0.3, 0.4) is 0 Å². The van der Waals surface area contributed by atoms with Crippen molar-refractivity contribution in [2.75, 3.05) is 6.61 Å². The van der Waals surface area contributed by atoms with Crippen molar-refractivity contribution in [2.24, 2.45) is 5.73 Å². The van der Waals surface area contributed by atoms with E-state index < -0.39 is 6.09 Å². The standard InChI is InChI=1S/C19H19NO3/c1-19(2,16-9-11-17(21)12-10-16)15-7-5-14(6-8-15)4-3-13-23-18(20)22/h5-12,21H,13H2,1-2H3,(H2,20,22). The Morgan fingerprint density at radius 3 is 2.13 bits per heavy atom. The van der Waals surface area contributed by atoms with Gasteiger partial charge in [-0.15, -0.1) is 0 Å². The normalized spacial score (nSPS) is 10.5. The van der Waals surface area contributed by atoms with E-state index in [-0.39, 0.29) is 17.8 Å². The summed E-state index contributed by atoms with van der Waals surface area (Å²) in [5.74, 6) is 5.90. The highest BCUT2D eigenvalue weighted by molar-refractivity contribution is 5.64. The molecule has 3 N–H and O–H groups in total. The molecule has 23 heavy (non-hydrogen) atoms. The third-order valence-electron chi connectivity index (χ3n) is 3.71. The number of aromatic hydroxyl groups is 1. The zero-order valence-corrected chi connectivity index (χ0v) is 13.2. The Morgan fingerprint density at radius 2 is 1.61 bits per heavy atom. The van der Waals surface area contributed by atoms with Crippen molar-refractivity contribution in [2.45, 2.75) is 19.3 Å². The average molecular weight is 309 g/mol. The summed E-state index contributed by atoms with van der Waals surface area (Å²) in [6.07, 6.45) is -0.828. The van der Waals surface area contributed by atoms with Crippen molar-refractivity contribution in [1.29, 1.82) is 0 Å². The topological polar surface area (TPSA) is 72.6 Å². The van der Waals surface area contributed by atoms with Crippen molar-refractivity contribution in [3.05, 3.63) is 65.2 Å². The molecule has 0 radical (unpaired) electrons. The van der Waals surface area contributed by atoms with Gasteiger partial charge in [-0.3, -0.25) is 0 Å². The molecule has 118 valence electrons. The molecule has 0 bridgehead atoms. The largest absolute Gasteiger partial charge is 0.508 e. The van der Waals surface area contributed by atoms with Crippen molar-refractivity contribution in [3.8, 4) is 17.6 Å². The van der Waals surface area contributed by atoms with E-state index in [0.29, 0.717) is 0 Å². The summed E-state index contributed by atoms with van der Waals surface area (Å²) in [6, 6.07) is 15.1. The van der Waals surface area contributed by atoms with Crippen LogP contribution >= 0.6 is 0 Å². The average Bonchev–Trinajstić information content (AvgIpc) is 2.52. The van der Waals surface area contributed by atoms with Crippen LogP contribution in [0.4, 0.5) is 4.79 Å². The number of benzene rings is 2. The van der Waals surface area contributed by atoms with Crippen molar-refractivity contribution in [1.82, 2.24) is 0 Å². The third kappa shape index (κ3) is 4.27. The van der Waals surface area contributed by atoms with Crippen LogP contribution in [-0.4, -0.2) is 17.8 Å². The summed E-state index contributed by atoms with van der Waals surface area (Å²) in [5.41, 5.74) is 7.77. The fourth-order valence-corrected chi connectivity index (χ4v) is 2.26. The zero-order valence-electron chi connectivity index (χ0n) is 13.2. The van der Waals surface area contributed by atoms with Gasteiger partial charge in [0.05, 0.1) is 0 Å². The van der Waals surface area contributed by atoms with Gasteiger partial charge in [-0.05, 0) is 35.4 Å². The third-order valence-corrected chi connectivity index (χ3v) is 3.71. The molecule has 0 aromatic heterocycles. The van der Waals surface area contributed by atoms with E-state index in [2.05, 4.69) is 30.4 Å². The maximum Gasteiger partial charge on any atom is 0.405 e. The molecule has 0 fully saturated rings. The Kier molecular flexibility index (Phi) is 4.92. The molecule has 0 aliphatic rings. The smallest absolute Gasteiger partial charge is 0.405 e. The first kappa shape index (κ1) is 16.4. The van der Waals surface area contributed by atoms with Gasteiger partial charge in [0.2, 0.25) is 0 Å². The summed E-state index contributed by atoms with van der Waals surface area (Å²) in [6.45, 7) is 4.23. The molecule has 0 aliphatic heterocycles. The molecule has 2 aromatic carbocycles. The molecule has 0 spiro atoms. The summed E-state index contributed by atoms with van der Waals surface area (Å²) in [7, 11) is 0. The van der Waals surface area contributed by atoms with Crippen LogP contribution in [0.25, 0.3) is 0 Å². The maximum absolute atomic E-state index is 10.4. The number of amides is 1. The predicted octanol–water partition coefficient (Wildman–Crippen LogP) is 3.16. The zero-order chi connectivity index (χ0) is 16.9. The van der Waals surface area contributed by atoms with Gasteiger partial charge in [0.1, 0.15) is 5.75 Å². The number of ether oxygens (including phenoxy) is 1. The summed E-state index contributed by atoms with van der Waals surface area (Å²) < 4.78 is 4.55. The number of phenols is 1. The second-order valence-corrected chi connectivity index (χ2v) is 5.66. The molecule has 4 nitrogen and oxygen atoms in total. The lowest BCUT2D eigenvalue weighted by atomic mass is 9.78. The number of phenolic OH excluding ortho intramolecular Hbond substituents is 1. The minimum Gasteiger partial charge on any atom is -0.508 e. The van der Waals surface area contributed by atoms with Gasteiger partial charge in [-0.2, -0.15) is 0 Å². The van der Waals surface area contributed by atoms with Crippen LogP contribution in [0.1, 0.15) is 30.5 Å². The fraction of sp³-hybridized carbons (Fsp3) is 0.211. The van der Waals surface area contributed by atoms with Crippen molar-refractivity contribution in [3.63, 3.8) is 0 Å². The van der Waals surface area contributed by atoms with Crippen LogP contribution in [0.15, 0.2) is 48.5 Å². The van der Waals surface area contributed by atoms with Crippen LogP contribution in [0.2, 0.25) is 0 Å². The van der Waals surface area contributed by atoms with Gasteiger partial charge < -0.3 is 15.6 Å². The van der Waals surface area contributed by atoms with E-state index in [0.717, 1.165) is 16.7 Å². The molecule has 0 unspecified atom stereocenters.